The second kappa shape index (κ2) is 7.05. The standard InChI is InChI=1S/C19H26N2O2S2/c1-11(2)14-9-13-15(10-23-14)25-17-16(13)18(22)21(19(20-17)24-3)12-7-5-4-6-8-12/h11-12,14H,4-10H2,1-3H3/t14-/m0/s1. The zero-order valence-corrected chi connectivity index (χ0v) is 16.8. The fourth-order valence-electron chi connectivity index (χ4n) is 4.15. The third-order valence-corrected chi connectivity index (χ3v) is 7.36. The topological polar surface area (TPSA) is 44.1 Å². The number of rotatable bonds is 3. The number of hydrogen-bond donors (Lipinski definition) is 0. The molecule has 2 aromatic rings. The molecule has 0 unspecified atom stereocenters. The molecule has 1 saturated carbocycles. The van der Waals surface area contributed by atoms with Crippen molar-refractivity contribution in [1.29, 1.82) is 0 Å². The van der Waals surface area contributed by atoms with E-state index in [1.54, 1.807) is 23.1 Å². The molecule has 0 spiro atoms. The van der Waals surface area contributed by atoms with Crippen molar-refractivity contribution in [3.05, 3.63) is 20.8 Å². The lowest BCUT2D eigenvalue weighted by Gasteiger charge is -2.27. The van der Waals surface area contributed by atoms with Crippen LogP contribution in [0.4, 0.5) is 0 Å². The van der Waals surface area contributed by atoms with Gasteiger partial charge in [-0.1, -0.05) is 44.9 Å². The Labute approximate surface area is 157 Å². The van der Waals surface area contributed by atoms with Gasteiger partial charge in [-0.3, -0.25) is 9.36 Å². The summed E-state index contributed by atoms with van der Waals surface area (Å²) in [6.07, 6.45) is 8.99. The lowest BCUT2D eigenvalue weighted by Crippen LogP contribution is -2.30. The highest BCUT2D eigenvalue weighted by Gasteiger charge is 2.29. The van der Waals surface area contributed by atoms with Crippen molar-refractivity contribution < 1.29 is 4.74 Å². The SMILES string of the molecule is CSc1nc2sc3c(c2c(=O)n1C1CCCCC1)C[C@@H](C(C)C)OC3. The van der Waals surface area contributed by atoms with Crippen LogP contribution in [0.2, 0.25) is 0 Å². The number of hydrogen-bond acceptors (Lipinski definition) is 5. The summed E-state index contributed by atoms with van der Waals surface area (Å²) in [5.74, 6) is 0.460. The lowest BCUT2D eigenvalue weighted by molar-refractivity contribution is 0.00200. The third-order valence-electron chi connectivity index (χ3n) is 5.61. The molecule has 1 aliphatic carbocycles. The molecule has 0 N–H and O–H groups in total. The van der Waals surface area contributed by atoms with Gasteiger partial charge in [-0.15, -0.1) is 11.3 Å². The molecular weight excluding hydrogens is 352 g/mol. The van der Waals surface area contributed by atoms with Crippen LogP contribution in [0, 0.1) is 5.92 Å². The van der Waals surface area contributed by atoms with Crippen molar-refractivity contribution in [2.75, 3.05) is 6.26 Å². The Bertz CT molecular complexity index is 834. The highest BCUT2D eigenvalue weighted by atomic mass is 32.2. The first kappa shape index (κ1) is 17.6. The molecule has 0 radical (unpaired) electrons. The van der Waals surface area contributed by atoms with Crippen LogP contribution in [-0.4, -0.2) is 21.9 Å². The summed E-state index contributed by atoms with van der Waals surface area (Å²) < 4.78 is 8.02. The van der Waals surface area contributed by atoms with Crippen molar-refractivity contribution in [3.8, 4) is 0 Å². The quantitative estimate of drug-likeness (QED) is 0.569. The normalized spacial score (nSPS) is 21.8. The predicted octanol–water partition coefficient (Wildman–Crippen LogP) is 4.78. The van der Waals surface area contributed by atoms with Gasteiger partial charge in [0.2, 0.25) is 0 Å². The van der Waals surface area contributed by atoms with E-state index >= 15 is 0 Å². The fourth-order valence-corrected chi connectivity index (χ4v) is 5.94. The number of thioether (sulfide) groups is 1. The molecule has 0 amide bonds. The van der Waals surface area contributed by atoms with E-state index in [-0.39, 0.29) is 11.7 Å². The number of ether oxygens (including phenoxy) is 1. The van der Waals surface area contributed by atoms with Gasteiger partial charge in [0.1, 0.15) is 4.83 Å². The molecular formula is C19H26N2O2S2. The van der Waals surface area contributed by atoms with Crippen LogP contribution in [-0.2, 0) is 17.8 Å². The van der Waals surface area contributed by atoms with Crippen molar-refractivity contribution in [1.82, 2.24) is 9.55 Å². The highest BCUT2D eigenvalue weighted by Crippen LogP contribution is 2.37. The average Bonchev–Trinajstić information content (AvgIpc) is 2.99. The van der Waals surface area contributed by atoms with Gasteiger partial charge < -0.3 is 4.74 Å². The Morgan fingerprint density at radius 1 is 1.28 bits per heavy atom. The lowest BCUT2D eigenvalue weighted by atomic mass is 9.94. The molecule has 6 heteroatoms. The monoisotopic (exact) mass is 378 g/mol. The molecule has 4 rings (SSSR count). The molecule has 1 fully saturated rings. The summed E-state index contributed by atoms with van der Waals surface area (Å²) in [5.41, 5.74) is 1.39. The first-order valence-electron chi connectivity index (χ1n) is 9.32. The molecule has 0 aromatic carbocycles. The Balaban J connectivity index is 1.87. The minimum Gasteiger partial charge on any atom is -0.372 e. The van der Waals surface area contributed by atoms with E-state index < -0.39 is 0 Å². The molecule has 136 valence electrons. The molecule has 0 saturated heterocycles. The van der Waals surface area contributed by atoms with Crippen LogP contribution in [0.15, 0.2) is 9.95 Å². The van der Waals surface area contributed by atoms with Crippen LogP contribution in [0.1, 0.15) is 62.4 Å². The smallest absolute Gasteiger partial charge is 0.263 e. The van der Waals surface area contributed by atoms with Gasteiger partial charge in [0.05, 0.1) is 18.1 Å². The van der Waals surface area contributed by atoms with Crippen LogP contribution in [0.5, 0.6) is 0 Å². The second-order valence-electron chi connectivity index (χ2n) is 7.55. The molecule has 25 heavy (non-hydrogen) atoms. The van der Waals surface area contributed by atoms with Crippen LogP contribution >= 0.6 is 23.1 Å². The van der Waals surface area contributed by atoms with Crippen molar-refractivity contribution in [2.45, 2.75) is 76.3 Å². The molecule has 4 nitrogen and oxygen atoms in total. The first-order valence-corrected chi connectivity index (χ1v) is 11.4. The summed E-state index contributed by atoms with van der Waals surface area (Å²) in [6.45, 7) is 5.00. The predicted molar refractivity (Wildman–Crippen MR) is 105 cm³/mol. The van der Waals surface area contributed by atoms with Crippen LogP contribution < -0.4 is 5.56 Å². The number of nitrogens with zero attached hydrogens (tertiary/aromatic N) is 2. The molecule has 1 atom stereocenters. The van der Waals surface area contributed by atoms with Gasteiger partial charge >= 0.3 is 0 Å². The Morgan fingerprint density at radius 2 is 2.04 bits per heavy atom. The average molecular weight is 379 g/mol. The van der Waals surface area contributed by atoms with E-state index in [9.17, 15) is 4.79 Å². The summed E-state index contributed by atoms with van der Waals surface area (Å²) in [6, 6.07) is 0.317. The van der Waals surface area contributed by atoms with E-state index in [1.807, 2.05) is 10.8 Å². The van der Waals surface area contributed by atoms with Gasteiger partial charge in [-0.2, -0.15) is 0 Å². The van der Waals surface area contributed by atoms with Crippen molar-refractivity contribution in [2.24, 2.45) is 5.92 Å². The summed E-state index contributed by atoms with van der Waals surface area (Å²) in [5, 5.41) is 1.75. The number of thiophene rings is 1. The zero-order chi connectivity index (χ0) is 17.6. The van der Waals surface area contributed by atoms with Crippen LogP contribution in [0.25, 0.3) is 10.2 Å². The maximum Gasteiger partial charge on any atom is 0.263 e. The minimum atomic E-state index is 0.183. The molecule has 0 bridgehead atoms. The summed E-state index contributed by atoms with van der Waals surface area (Å²) >= 11 is 3.25. The first-order chi connectivity index (χ1) is 12.1. The largest absolute Gasteiger partial charge is 0.372 e. The van der Waals surface area contributed by atoms with Gasteiger partial charge in [0.25, 0.3) is 5.56 Å². The van der Waals surface area contributed by atoms with E-state index in [2.05, 4.69) is 13.8 Å². The van der Waals surface area contributed by atoms with Gasteiger partial charge in [0, 0.05) is 17.3 Å². The Hall–Kier alpha value is -0.850. The van der Waals surface area contributed by atoms with Gasteiger partial charge in [-0.05, 0) is 30.6 Å². The molecule has 3 heterocycles. The maximum atomic E-state index is 13.5. The van der Waals surface area contributed by atoms with Crippen molar-refractivity contribution >= 4 is 33.3 Å². The summed E-state index contributed by atoms with van der Waals surface area (Å²) in [4.78, 5) is 20.5. The van der Waals surface area contributed by atoms with Crippen molar-refractivity contribution in [3.63, 3.8) is 0 Å². The van der Waals surface area contributed by atoms with E-state index in [0.717, 1.165) is 34.6 Å². The maximum absolute atomic E-state index is 13.5. The zero-order valence-electron chi connectivity index (χ0n) is 15.2. The number of fused-ring (bicyclic) bond motifs is 3. The molecule has 1 aliphatic heterocycles. The van der Waals surface area contributed by atoms with Crippen LogP contribution in [0.3, 0.4) is 0 Å². The molecule has 2 aliphatic rings. The van der Waals surface area contributed by atoms with E-state index in [1.165, 1.54) is 29.7 Å². The highest BCUT2D eigenvalue weighted by molar-refractivity contribution is 7.98. The summed E-state index contributed by atoms with van der Waals surface area (Å²) in [7, 11) is 0. The van der Waals surface area contributed by atoms with Gasteiger partial charge in [0.15, 0.2) is 5.16 Å². The minimum absolute atomic E-state index is 0.183. The Morgan fingerprint density at radius 3 is 2.72 bits per heavy atom. The van der Waals surface area contributed by atoms with Gasteiger partial charge in [-0.25, -0.2) is 4.98 Å². The van der Waals surface area contributed by atoms with E-state index in [4.69, 9.17) is 9.72 Å². The Kier molecular flexibility index (Phi) is 4.95. The second-order valence-corrected chi connectivity index (χ2v) is 9.40. The molecule has 2 aromatic heterocycles. The fraction of sp³-hybridized carbons (Fsp3) is 0.684. The van der Waals surface area contributed by atoms with E-state index in [0.29, 0.717) is 18.6 Å². The number of aromatic nitrogens is 2. The third kappa shape index (κ3) is 3.06.